The molecule has 0 aliphatic carbocycles. The van der Waals surface area contributed by atoms with Crippen molar-refractivity contribution in [3.63, 3.8) is 0 Å². The van der Waals surface area contributed by atoms with Crippen molar-refractivity contribution in [2.45, 2.75) is 12.5 Å². The van der Waals surface area contributed by atoms with Gasteiger partial charge in [-0.2, -0.15) is 17.9 Å². The van der Waals surface area contributed by atoms with Gasteiger partial charge in [0.15, 0.2) is 0 Å². The molecular formula is C10H5F6N3. The molecule has 0 unspecified atom stereocenters. The van der Waals surface area contributed by atoms with Crippen molar-refractivity contribution < 1.29 is 26.3 Å². The maximum Gasteiger partial charge on any atom is 0.506 e. The minimum atomic E-state index is -4.78. The molecule has 0 amide bonds. The molecule has 19 heavy (non-hydrogen) atoms. The Kier molecular flexibility index (Phi) is 2.99. The molecule has 1 heterocycles. The normalized spacial score (nSPS) is 12.7. The van der Waals surface area contributed by atoms with Gasteiger partial charge < -0.3 is 0 Å². The third-order valence-corrected chi connectivity index (χ3v) is 2.30. The molecule has 1 aromatic heterocycles. The maximum absolute atomic E-state index is 12.5. The van der Waals surface area contributed by atoms with Gasteiger partial charge in [-0.15, -0.1) is 18.3 Å². The van der Waals surface area contributed by atoms with E-state index in [1.165, 1.54) is 0 Å². The van der Waals surface area contributed by atoms with E-state index in [4.69, 9.17) is 0 Å². The van der Waals surface area contributed by atoms with Crippen molar-refractivity contribution in [3.05, 3.63) is 36.0 Å². The summed E-state index contributed by atoms with van der Waals surface area (Å²) in [5.74, 6) is 0. The van der Waals surface area contributed by atoms with Gasteiger partial charge in [-0.05, 0) is 12.1 Å². The van der Waals surface area contributed by atoms with Crippen LogP contribution in [0.15, 0.2) is 30.5 Å². The topological polar surface area (TPSA) is 30.7 Å². The minimum absolute atomic E-state index is 0.0599. The Hall–Kier alpha value is -2.06. The fourth-order valence-electron chi connectivity index (χ4n) is 1.45. The molecular weight excluding hydrogens is 276 g/mol. The van der Waals surface area contributed by atoms with Gasteiger partial charge in [-0.25, -0.2) is 0 Å². The molecule has 102 valence electrons. The zero-order valence-corrected chi connectivity index (χ0v) is 9.00. The van der Waals surface area contributed by atoms with Crippen LogP contribution in [-0.2, 0) is 12.5 Å². The van der Waals surface area contributed by atoms with Crippen LogP contribution in [0.5, 0.6) is 0 Å². The van der Waals surface area contributed by atoms with Gasteiger partial charge in [0.05, 0.1) is 17.5 Å². The zero-order chi connectivity index (χ0) is 14.3. The van der Waals surface area contributed by atoms with E-state index in [1.807, 2.05) is 0 Å². The first kappa shape index (κ1) is 13.4. The summed E-state index contributed by atoms with van der Waals surface area (Å²) in [7, 11) is 0. The summed E-state index contributed by atoms with van der Waals surface area (Å²) in [5, 5.41) is 5.96. The van der Waals surface area contributed by atoms with Crippen LogP contribution in [0.2, 0.25) is 0 Å². The molecule has 1 aromatic carbocycles. The number of rotatable bonds is 1. The average Bonchev–Trinajstić information content (AvgIpc) is 2.76. The Labute approximate surface area is 102 Å². The molecule has 0 saturated carbocycles. The number of hydrogen-bond donors (Lipinski definition) is 0. The summed E-state index contributed by atoms with van der Waals surface area (Å²) in [6, 6.07) is 3.26. The zero-order valence-electron chi connectivity index (χ0n) is 9.00. The number of aromatic nitrogens is 3. The van der Waals surface area contributed by atoms with Crippen LogP contribution < -0.4 is 0 Å². The first-order chi connectivity index (χ1) is 8.69. The van der Waals surface area contributed by atoms with Crippen LogP contribution in [0.25, 0.3) is 11.3 Å². The van der Waals surface area contributed by atoms with Gasteiger partial charge >= 0.3 is 12.5 Å². The average molecular weight is 281 g/mol. The van der Waals surface area contributed by atoms with E-state index < -0.39 is 23.7 Å². The second-order valence-corrected chi connectivity index (χ2v) is 3.57. The first-order valence-electron chi connectivity index (χ1n) is 4.85. The van der Waals surface area contributed by atoms with Crippen LogP contribution >= 0.6 is 0 Å². The smallest absolute Gasteiger partial charge is 0.166 e. The number of halogens is 6. The van der Waals surface area contributed by atoms with Crippen molar-refractivity contribution in [2.24, 2.45) is 0 Å². The van der Waals surface area contributed by atoms with E-state index in [0.717, 1.165) is 18.3 Å². The lowest BCUT2D eigenvalue weighted by molar-refractivity contribution is -0.211. The fourth-order valence-corrected chi connectivity index (χ4v) is 1.45. The third kappa shape index (κ3) is 2.69. The van der Waals surface area contributed by atoms with E-state index in [0.29, 0.717) is 12.1 Å². The summed E-state index contributed by atoms with van der Waals surface area (Å²) in [5.41, 5.74) is -1.43. The van der Waals surface area contributed by atoms with Gasteiger partial charge in [0.2, 0.25) is 0 Å². The summed E-state index contributed by atoms with van der Waals surface area (Å²) < 4.78 is 74.2. The van der Waals surface area contributed by atoms with Crippen molar-refractivity contribution in [1.29, 1.82) is 0 Å². The van der Waals surface area contributed by atoms with Crippen molar-refractivity contribution in [2.75, 3.05) is 0 Å². The van der Waals surface area contributed by atoms with Crippen LogP contribution in [-0.4, -0.2) is 15.0 Å². The molecule has 2 rings (SSSR count). The second kappa shape index (κ2) is 4.25. The molecule has 0 fully saturated rings. The van der Waals surface area contributed by atoms with Gasteiger partial charge in [0.25, 0.3) is 0 Å². The molecule has 0 radical (unpaired) electrons. The van der Waals surface area contributed by atoms with Crippen molar-refractivity contribution >= 4 is 0 Å². The lowest BCUT2D eigenvalue weighted by Crippen LogP contribution is -2.19. The molecule has 0 bridgehead atoms. The van der Waals surface area contributed by atoms with Gasteiger partial charge in [0, 0.05) is 5.56 Å². The quantitative estimate of drug-likeness (QED) is 0.750. The highest BCUT2D eigenvalue weighted by Gasteiger charge is 2.35. The number of benzene rings is 1. The maximum atomic E-state index is 12.5. The number of hydrogen-bond acceptors (Lipinski definition) is 2. The monoisotopic (exact) mass is 281 g/mol. The minimum Gasteiger partial charge on any atom is -0.166 e. The predicted molar refractivity (Wildman–Crippen MR) is 51.8 cm³/mol. The van der Waals surface area contributed by atoms with E-state index in [2.05, 4.69) is 10.3 Å². The van der Waals surface area contributed by atoms with Crippen molar-refractivity contribution in [3.8, 4) is 11.3 Å². The van der Waals surface area contributed by atoms with Crippen molar-refractivity contribution in [1.82, 2.24) is 15.0 Å². The number of alkyl halides is 6. The Morgan fingerprint density at radius 3 is 1.95 bits per heavy atom. The molecule has 9 heteroatoms. The molecule has 0 spiro atoms. The highest BCUT2D eigenvalue weighted by Crippen LogP contribution is 2.32. The first-order valence-corrected chi connectivity index (χ1v) is 4.85. The molecule has 0 saturated heterocycles. The summed E-state index contributed by atoms with van der Waals surface area (Å²) >= 11 is 0. The summed E-state index contributed by atoms with van der Waals surface area (Å²) in [6.07, 6.45) is -8.49. The molecule has 2 aromatic rings. The largest absolute Gasteiger partial charge is 0.506 e. The number of nitrogens with zero attached hydrogens (tertiary/aromatic N) is 3. The summed E-state index contributed by atoms with van der Waals surface area (Å²) in [4.78, 5) is 0. The van der Waals surface area contributed by atoms with Gasteiger partial charge in [-0.3, -0.25) is 0 Å². The van der Waals surface area contributed by atoms with Gasteiger partial charge in [0.1, 0.15) is 0 Å². The van der Waals surface area contributed by atoms with E-state index >= 15 is 0 Å². The Bertz CT molecular complexity index is 566. The molecule has 0 atom stereocenters. The van der Waals surface area contributed by atoms with Crippen LogP contribution in [0.4, 0.5) is 26.3 Å². The molecule has 0 N–H and O–H groups in total. The standard InChI is InChI=1S/C10H5F6N3/c11-9(12,13)7-3-1-6(2-4-7)8-5-17-18-19(8)10(14,15)16/h1-5H. The molecule has 0 aliphatic heterocycles. The lowest BCUT2D eigenvalue weighted by Gasteiger charge is -2.10. The summed E-state index contributed by atoms with van der Waals surface area (Å²) in [6.45, 7) is 0. The Morgan fingerprint density at radius 2 is 1.47 bits per heavy atom. The SMILES string of the molecule is FC(F)(F)c1ccc(-c2cnnn2C(F)(F)F)cc1. The Morgan fingerprint density at radius 1 is 0.895 bits per heavy atom. The molecule has 3 nitrogen and oxygen atoms in total. The third-order valence-electron chi connectivity index (χ3n) is 2.30. The Balaban J connectivity index is 2.42. The van der Waals surface area contributed by atoms with E-state index in [9.17, 15) is 26.3 Å². The highest BCUT2D eigenvalue weighted by molar-refractivity contribution is 5.59. The molecule has 0 aliphatic rings. The predicted octanol–water partition coefficient (Wildman–Crippen LogP) is 3.44. The van der Waals surface area contributed by atoms with E-state index in [-0.39, 0.29) is 10.2 Å². The van der Waals surface area contributed by atoms with Crippen LogP contribution in [0.3, 0.4) is 0 Å². The van der Waals surface area contributed by atoms with Crippen LogP contribution in [0, 0.1) is 0 Å². The lowest BCUT2D eigenvalue weighted by atomic mass is 10.1. The van der Waals surface area contributed by atoms with E-state index in [1.54, 1.807) is 0 Å². The van der Waals surface area contributed by atoms with Crippen LogP contribution in [0.1, 0.15) is 5.56 Å². The van der Waals surface area contributed by atoms with Gasteiger partial charge in [-0.1, -0.05) is 17.3 Å². The highest BCUT2D eigenvalue weighted by atomic mass is 19.4. The fraction of sp³-hybridized carbons (Fsp3) is 0.200. The second-order valence-electron chi connectivity index (χ2n) is 3.57.